The van der Waals surface area contributed by atoms with Crippen LogP contribution in [0.25, 0.3) is 0 Å². The highest BCUT2D eigenvalue weighted by molar-refractivity contribution is 5.80. The molecule has 0 aromatic carbocycles. The average Bonchev–Trinajstić information content (AvgIpc) is 3.16. The van der Waals surface area contributed by atoms with E-state index < -0.39 is 0 Å². The molecule has 0 aliphatic carbocycles. The number of nitrogens with one attached hydrogen (secondary N) is 1. The maximum atomic E-state index is 5.48. The molecule has 0 radical (unpaired) electrons. The van der Waals surface area contributed by atoms with Gasteiger partial charge in [0.2, 0.25) is 0 Å². The third kappa shape index (κ3) is 5.31. The van der Waals surface area contributed by atoms with Crippen LogP contribution in [0.4, 0.5) is 0 Å². The Labute approximate surface area is 153 Å². The Morgan fingerprint density at radius 3 is 2.52 bits per heavy atom. The van der Waals surface area contributed by atoms with Crippen molar-refractivity contribution in [3.8, 4) is 0 Å². The maximum absolute atomic E-state index is 5.48. The van der Waals surface area contributed by atoms with E-state index in [4.69, 9.17) is 4.74 Å². The first-order valence-electron chi connectivity index (χ1n) is 10.3. The zero-order valence-electron chi connectivity index (χ0n) is 16.3. The van der Waals surface area contributed by atoms with Crippen LogP contribution in [0.3, 0.4) is 0 Å². The minimum atomic E-state index is 0.667. The van der Waals surface area contributed by atoms with Crippen molar-refractivity contribution < 1.29 is 4.74 Å². The van der Waals surface area contributed by atoms with Crippen LogP contribution in [0.5, 0.6) is 0 Å². The molecule has 3 heterocycles. The molecule has 0 aromatic rings. The fraction of sp³-hybridized carbons (Fsp3) is 0.947. The Balaban J connectivity index is 1.37. The van der Waals surface area contributed by atoms with Crippen molar-refractivity contribution in [2.75, 3.05) is 72.6 Å². The highest BCUT2D eigenvalue weighted by Gasteiger charge is 2.30. The molecule has 25 heavy (non-hydrogen) atoms. The fourth-order valence-corrected chi connectivity index (χ4v) is 4.49. The lowest BCUT2D eigenvalue weighted by Gasteiger charge is -2.32. The number of morpholine rings is 1. The monoisotopic (exact) mass is 351 g/mol. The van der Waals surface area contributed by atoms with Gasteiger partial charge in [0.05, 0.1) is 13.2 Å². The van der Waals surface area contributed by atoms with Gasteiger partial charge in [-0.1, -0.05) is 6.92 Å². The molecule has 0 amide bonds. The van der Waals surface area contributed by atoms with E-state index in [-0.39, 0.29) is 0 Å². The third-order valence-electron chi connectivity index (χ3n) is 6.23. The SMILES string of the molecule is CCN1CCC(CCNC(=NC)N2CCC(N3CCOCC3)C2)CC1. The molecule has 0 bridgehead atoms. The molecule has 3 aliphatic heterocycles. The zero-order chi connectivity index (χ0) is 17.5. The van der Waals surface area contributed by atoms with E-state index >= 15 is 0 Å². The molecule has 1 N–H and O–H groups in total. The summed E-state index contributed by atoms with van der Waals surface area (Å²) < 4.78 is 5.48. The van der Waals surface area contributed by atoms with Crippen molar-refractivity contribution >= 4 is 5.96 Å². The van der Waals surface area contributed by atoms with Crippen LogP contribution in [0.1, 0.15) is 32.6 Å². The van der Waals surface area contributed by atoms with E-state index in [0.29, 0.717) is 6.04 Å². The van der Waals surface area contributed by atoms with Crippen molar-refractivity contribution in [2.45, 2.75) is 38.6 Å². The first-order chi connectivity index (χ1) is 12.3. The topological polar surface area (TPSA) is 43.3 Å². The molecule has 6 nitrogen and oxygen atoms in total. The molecule has 3 fully saturated rings. The van der Waals surface area contributed by atoms with Gasteiger partial charge in [-0.2, -0.15) is 0 Å². The molecule has 1 unspecified atom stereocenters. The van der Waals surface area contributed by atoms with Crippen LogP contribution in [-0.2, 0) is 4.74 Å². The number of nitrogens with zero attached hydrogens (tertiary/aromatic N) is 4. The van der Waals surface area contributed by atoms with Crippen LogP contribution in [0.2, 0.25) is 0 Å². The smallest absolute Gasteiger partial charge is 0.193 e. The molecular weight excluding hydrogens is 314 g/mol. The quantitative estimate of drug-likeness (QED) is 0.593. The summed E-state index contributed by atoms with van der Waals surface area (Å²) in [6.07, 6.45) is 5.24. The van der Waals surface area contributed by atoms with Gasteiger partial charge in [0.25, 0.3) is 0 Å². The second-order valence-corrected chi connectivity index (χ2v) is 7.68. The number of hydrogen-bond donors (Lipinski definition) is 1. The summed E-state index contributed by atoms with van der Waals surface area (Å²) in [5, 5.41) is 3.63. The lowest BCUT2D eigenvalue weighted by atomic mass is 9.93. The lowest BCUT2D eigenvalue weighted by molar-refractivity contribution is 0.0195. The van der Waals surface area contributed by atoms with Gasteiger partial charge in [-0.15, -0.1) is 0 Å². The summed E-state index contributed by atoms with van der Waals surface area (Å²) in [4.78, 5) is 12.1. The Bertz CT molecular complexity index is 416. The van der Waals surface area contributed by atoms with Crippen LogP contribution in [0.15, 0.2) is 4.99 Å². The van der Waals surface area contributed by atoms with Gasteiger partial charge in [-0.25, -0.2) is 0 Å². The number of likely N-dealkylation sites (tertiary alicyclic amines) is 2. The number of hydrogen-bond acceptors (Lipinski definition) is 4. The summed E-state index contributed by atoms with van der Waals surface area (Å²) in [7, 11) is 1.92. The van der Waals surface area contributed by atoms with E-state index in [0.717, 1.165) is 57.8 Å². The predicted octanol–water partition coefficient (Wildman–Crippen LogP) is 1.09. The Morgan fingerprint density at radius 2 is 1.84 bits per heavy atom. The van der Waals surface area contributed by atoms with E-state index in [1.54, 1.807) is 0 Å². The van der Waals surface area contributed by atoms with Crippen LogP contribution >= 0.6 is 0 Å². The van der Waals surface area contributed by atoms with Gasteiger partial charge >= 0.3 is 0 Å². The molecule has 0 saturated carbocycles. The minimum absolute atomic E-state index is 0.667. The van der Waals surface area contributed by atoms with E-state index in [1.165, 1.54) is 45.3 Å². The lowest BCUT2D eigenvalue weighted by Crippen LogP contribution is -2.47. The molecular formula is C19H37N5O. The molecule has 144 valence electrons. The standard InChI is InChI=1S/C19H37N5O/c1-3-22-9-5-17(6-10-22)4-8-21-19(20-2)24-11-7-18(16-24)23-12-14-25-15-13-23/h17-18H,3-16H2,1-2H3,(H,20,21). The predicted molar refractivity (Wildman–Crippen MR) is 103 cm³/mol. The summed E-state index contributed by atoms with van der Waals surface area (Å²) in [6.45, 7) is 13.3. The van der Waals surface area contributed by atoms with Crippen LogP contribution in [-0.4, -0.2) is 99.3 Å². The second kappa shape index (κ2) is 9.74. The van der Waals surface area contributed by atoms with Crippen LogP contribution in [0, 0.1) is 5.92 Å². The van der Waals surface area contributed by atoms with Crippen molar-refractivity contribution in [2.24, 2.45) is 10.9 Å². The number of piperidine rings is 1. The number of ether oxygens (including phenoxy) is 1. The van der Waals surface area contributed by atoms with Gasteiger partial charge in [0.15, 0.2) is 5.96 Å². The third-order valence-corrected chi connectivity index (χ3v) is 6.23. The zero-order valence-corrected chi connectivity index (χ0v) is 16.3. The maximum Gasteiger partial charge on any atom is 0.193 e. The van der Waals surface area contributed by atoms with E-state index in [9.17, 15) is 0 Å². The highest BCUT2D eigenvalue weighted by Crippen LogP contribution is 2.20. The van der Waals surface area contributed by atoms with Crippen molar-refractivity contribution in [3.05, 3.63) is 0 Å². The van der Waals surface area contributed by atoms with Gasteiger partial charge in [-0.05, 0) is 51.2 Å². The number of rotatable bonds is 5. The Morgan fingerprint density at radius 1 is 1.08 bits per heavy atom. The van der Waals surface area contributed by atoms with Gasteiger partial charge in [-0.3, -0.25) is 9.89 Å². The number of aliphatic imine (C=N–C) groups is 1. The van der Waals surface area contributed by atoms with Crippen molar-refractivity contribution in [1.82, 2.24) is 20.0 Å². The highest BCUT2D eigenvalue weighted by atomic mass is 16.5. The fourth-order valence-electron chi connectivity index (χ4n) is 4.49. The van der Waals surface area contributed by atoms with Gasteiger partial charge in [0, 0.05) is 45.8 Å². The minimum Gasteiger partial charge on any atom is -0.379 e. The molecule has 6 heteroatoms. The molecule has 0 spiro atoms. The van der Waals surface area contributed by atoms with E-state index in [2.05, 4.69) is 31.9 Å². The first-order valence-corrected chi connectivity index (χ1v) is 10.3. The summed E-state index contributed by atoms with van der Waals surface area (Å²) >= 11 is 0. The summed E-state index contributed by atoms with van der Waals surface area (Å²) in [5.41, 5.74) is 0. The molecule has 3 rings (SSSR count). The molecule has 0 aromatic heterocycles. The van der Waals surface area contributed by atoms with E-state index in [1.807, 2.05) is 7.05 Å². The summed E-state index contributed by atoms with van der Waals surface area (Å²) in [5.74, 6) is 1.98. The average molecular weight is 352 g/mol. The Hall–Kier alpha value is -0.850. The Kier molecular flexibility index (Phi) is 7.37. The molecule has 1 atom stereocenters. The largest absolute Gasteiger partial charge is 0.379 e. The van der Waals surface area contributed by atoms with Crippen molar-refractivity contribution in [3.63, 3.8) is 0 Å². The number of guanidine groups is 1. The molecule has 3 aliphatic rings. The van der Waals surface area contributed by atoms with Crippen molar-refractivity contribution in [1.29, 1.82) is 0 Å². The summed E-state index contributed by atoms with van der Waals surface area (Å²) in [6, 6.07) is 0.667. The van der Waals surface area contributed by atoms with Gasteiger partial charge in [0.1, 0.15) is 0 Å². The van der Waals surface area contributed by atoms with Gasteiger partial charge < -0.3 is 19.9 Å². The normalized spacial score (nSPS) is 27.8. The second-order valence-electron chi connectivity index (χ2n) is 7.68. The first kappa shape index (κ1) is 18.9. The molecule has 3 saturated heterocycles. The van der Waals surface area contributed by atoms with Crippen LogP contribution < -0.4 is 5.32 Å².